The fraction of sp³-hybridized carbons (Fsp3) is 0.739. The second kappa shape index (κ2) is 9.65. The first-order valence-corrected chi connectivity index (χ1v) is 12.8. The van der Waals surface area contributed by atoms with Crippen LogP contribution in [0, 0.1) is 11.8 Å². The molecule has 0 N–H and O–H groups in total. The van der Waals surface area contributed by atoms with Gasteiger partial charge in [0.2, 0.25) is 10.0 Å². The Morgan fingerprint density at radius 1 is 1.10 bits per heavy atom. The maximum Gasteiger partial charge on any atom is 0.246 e. The Balaban J connectivity index is 1.36. The van der Waals surface area contributed by atoms with E-state index in [0.717, 1.165) is 57.8 Å². The lowest BCUT2D eigenvalue weighted by molar-refractivity contribution is -0.123. The number of methoxy groups -OCH3 is 2. The van der Waals surface area contributed by atoms with Crippen molar-refractivity contribution in [3.63, 3.8) is 0 Å². The first-order chi connectivity index (χ1) is 15.0. The molecule has 1 unspecified atom stereocenters. The van der Waals surface area contributed by atoms with Crippen LogP contribution >= 0.6 is 0 Å². The van der Waals surface area contributed by atoms with Crippen LogP contribution in [0.5, 0.6) is 11.5 Å². The van der Waals surface area contributed by atoms with E-state index in [9.17, 15) is 8.42 Å². The molecular weight excluding hydrogens is 418 g/mol. The maximum atomic E-state index is 13.3. The van der Waals surface area contributed by atoms with Gasteiger partial charge in [0.1, 0.15) is 16.4 Å². The van der Waals surface area contributed by atoms with Crippen LogP contribution in [0.25, 0.3) is 0 Å². The molecule has 1 atom stereocenters. The minimum Gasteiger partial charge on any atom is -0.497 e. The van der Waals surface area contributed by atoms with Gasteiger partial charge in [-0.3, -0.25) is 0 Å². The summed E-state index contributed by atoms with van der Waals surface area (Å²) < 4.78 is 50.8. The molecule has 2 aliphatic heterocycles. The first kappa shape index (κ1) is 22.8. The van der Waals surface area contributed by atoms with Gasteiger partial charge < -0.3 is 18.9 Å². The van der Waals surface area contributed by atoms with Crippen LogP contribution in [0.2, 0.25) is 0 Å². The summed E-state index contributed by atoms with van der Waals surface area (Å²) in [5.74, 6) is 2.22. The maximum absolute atomic E-state index is 13.3. The highest BCUT2D eigenvalue weighted by Crippen LogP contribution is 2.41. The van der Waals surface area contributed by atoms with E-state index in [0.29, 0.717) is 30.5 Å². The molecule has 1 aromatic carbocycles. The van der Waals surface area contributed by atoms with Crippen molar-refractivity contribution in [1.82, 2.24) is 4.31 Å². The Labute approximate surface area is 186 Å². The number of hydrogen-bond donors (Lipinski definition) is 0. The summed E-state index contributed by atoms with van der Waals surface area (Å²) in [5.41, 5.74) is -0.204. The smallest absolute Gasteiger partial charge is 0.246 e. The molecule has 1 aromatic rings. The second-order valence-corrected chi connectivity index (χ2v) is 11.0. The molecule has 0 radical (unpaired) electrons. The van der Waals surface area contributed by atoms with E-state index in [2.05, 4.69) is 0 Å². The quantitative estimate of drug-likeness (QED) is 0.533. The molecule has 8 heteroatoms. The molecule has 1 aliphatic carbocycles. The average Bonchev–Trinajstić information content (AvgIpc) is 3.61. The predicted octanol–water partition coefficient (Wildman–Crippen LogP) is 3.47. The van der Waals surface area contributed by atoms with Crippen LogP contribution < -0.4 is 9.47 Å². The summed E-state index contributed by atoms with van der Waals surface area (Å²) in [6.45, 7) is 3.40. The third-order valence-electron chi connectivity index (χ3n) is 6.94. The van der Waals surface area contributed by atoms with E-state index in [4.69, 9.17) is 18.9 Å². The molecule has 31 heavy (non-hydrogen) atoms. The van der Waals surface area contributed by atoms with Crippen molar-refractivity contribution in [2.75, 3.05) is 47.1 Å². The van der Waals surface area contributed by atoms with E-state index in [-0.39, 0.29) is 10.5 Å². The molecule has 2 saturated heterocycles. The van der Waals surface area contributed by atoms with Gasteiger partial charge in [-0.05, 0) is 68.9 Å². The fourth-order valence-corrected chi connectivity index (χ4v) is 6.38. The van der Waals surface area contributed by atoms with E-state index in [1.807, 2.05) is 0 Å². The number of nitrogens with zero attached hydrogens (tertiary/aromatic N) is 1. The number of piperidine rings is 1. The van der Waals surface area contributed by atoms with Gasteiger partial charge in [-0.15, -0.1) is 0 Å². The Morgan fingerprint density at radius 3 is 2.55 bits per heavy atom. The lowest BCUT2D eigenvalue weighted by atomic mass is 9.79. The van der Waals surface area contributed by atoms with Crippen molar-refractivity contribution in [3.05, 3.63) is 18.2 Å². The van der Waals surface area contributed by atoms with Gasteiger partial charge in [-0.25, -0.2) is 8.42 Å². The van der Waals surface area contributed by atoms with Crippen molar-refractivity contribution < 1.29 is 27.4 Å². The molecule has 174 valence electrons. The minimum absolute atomic E-state index is 0.153. The zero-order valence-electron chi connectivity index (χ0n) is 18.7. The third kappa shape index (κ3) is 5.35. The standard InChI is InChI=1S/C23H35NO6S/c1-27-20-5-6-21(28-2)22(15-20)31(25,26)24-11-9-23(10-12-24)16-18(8-14-30-23)7-13-29-17-19-3-4-19/h5-6,15,18-19H,3-4,7-14,16-17H2,1-2H3. The Hall–Kier alpha value is -1.35. The van der Waals surface area contributed by atoms with Crippen LogP contribution in [-0.2, 0) is 19.5 Å². The van der Waals surface area contributed by atoms with Gasteiger partial charge in [0.05, 0.1) is 19.8 Å². The Morgan fingerprint density at radius 2 is 1.87 bits per heavy atom. The summed E-state index contributed by atoms with van der Waals surface area (Å²) >= 11 is 0. The van der Waals surface area contributed by atoms with Crippen molar-refractivity contribution in [2.45, 2.75) is 55.4 Å². The average molecular weight is 454 g/mol. The predicted molar refractivity (Wildman–Crippen MR) is 117 cm³/mol. The van der Waals surface area contributed by atoms with E-state index >= 15 is 0 Å². The summed E-state index contributed by atoms with van der Waals surface area (Å²) in [6.07, 6.45) is 7.22. The summed E-state index contributed by atoms with van der Waals surface area (Å²) in [5, 5.41) is 0. The Bertz CT molecular complexity index is 846. The molecular formula is C23H35NO6S. The number of hydrogen-bond acceptors (Lipinski definition) is 6. The zero-order valence-corrected chi connectivity index (χ0v) is 19.5. The normalized spacial score (nSPS) is 24.3. The first-order valence-electron chi connectivity index (χ1n) is 11.4. The largest absolute Gasteiger partial charge is 0.497 e. The van der Waals surface area contributed by atoms with Gasteiger partial charge >= 0.3 is 0 Å². The second-order valence-electron chi connectivity index (χ2n) is 9.12. The number of sulfonamides is 1. The molecule has 0 aromatic heterocycles. The van der Waals surface area contributed by atoms with Crippen molar-refractivity contribution in [2.24, 2.45) is 11.8 Å². The Kier molecular flexibility index (Phi) is 7.10. The van der Waals surface area contributed by atoms with Crippen LogP contribution in [0.4, 0.5) is 0 Å². The van der Waals surface area contributed by atoms with Crippen molar-refractivity contribution >= 4 is 10.0 Å². The minimum atomic E-state index is -3.67. The molecule has 7 nitrogen and oxygen atoms in total. The number of ether oxygens (including phenoxy) is 4. The lowest BCUT2D eigenvalue weighted by Crippen LogP contribution is -2.50. The summed E-state index contributed by atoms with van der Waals surface area (Å²) in [6, 6.07) is 4.87. The van der Waals surface area contributed by atoms with E-state index < -0.39 is 10.0 Å². The van der Waals surface area contributed by atoms with Crippen LogP contribution in [-0.4, -0.2) is 65.5 Å². The highest BCUT2D eigenvalue weighted by Gasteiger charge is 2.43. The van der Waals surface area contributed by atoms with Crippen molar-refractivity contribution in [1.29, 1.82) is 0 Å². The molecule has 1 saturated carbocycles. The SMILES string of the molecule is COc1ccc(OC)c(S(=O)(=O)N2CCC3(CC2)CC(CCOCC2CC2)CCO3)c1. The zero-order chi connectivity index (χ0) is 21.9. The van der Waals surface area contributed by atoms with Gasteiger partial charge in [0.15, 0.2) is 0 Å². The highest BCUT2D eigenvalue weighted by molar-refractivity contribution is 7.89. The third-order valence-corrected chi connectivity index (χ3v) is 8.86. The fourth-order valence-electron chi connectivity index (χ4n) is 4.77. The molecule has 0 bridgehead atoms. The van der Waals surface area contributed by atoms with Gasteiger partial charge in [-0.1, -0.05) is 0 Å². The molecule has 4 rings (SSSR count). The molecule has 1 spiro atoms. The monoisotopic (exact) mass is 453 g/mol. The molecule has 2 heterocycles. The van der Waals surface area contributed by atoms with E-state index in [1.54, 1.807) is 16.4 Å². The van der Waals surface area contributed by atoms with E-state index in [1.165, 1.54) is 33.1 Å². The molecule has 3 aliphatic rings. The number of benzene rings is 1. The van der Waals surface area contributed by atoms with Gasteiger partial charge in [0, 0.05) is 39.0 Å². The van der Waals surface area contributed by atoms with Crippen LogP contribution in [0.15, 0.2) is 23.1 Å². The van der Waals surface area contributed by atoms with Crippen molar-refractivity contribution in [3.8, 4) is 11.5 Å². The molecule has 3 fully saturated rings. The topological polar surface area (TPSA) is 74.3 Å². The summed E-state index contributed by atoms with van der Waals surface area (Å²) in [7, 11) is -0.666. The molecule has 0 amide bonds. The van der Waals surface area contributed by atoms with Gasteiger partial charge in [0.25, 0.3) is 0 Å². The highest BCUT2D eigenvalue weighted by atomic mass is 32.2. The van der Waals surface area contributed by atoms with Crippen LogP contribution in [0.3, 0.4) is 0 Å². The van der Waals surface area contributed by atoms with Gasteiger partial charge in [-0.2, -0.15) is 4.31 Å². The number of rotatable bonds is 9. The lowest BCUT2D eigenvalue weighted by Gasteiger charge is -2.46. The summed E-state index contributed by atoms with van der Waals surface area (Å²) in [4.78, 5) is 0.153. The van der Waals surface area contributed by atoms with Crippen LogP contribution in [0.1, 0.15) is 44.9 Å².